The summed E-state index contributed by atoms with van der Waals surface area (Å²) in [5.41, 5.74) is 0.446. The van der Waals surface area contributed by atoms with Gasteiger partial charge in [0.25, 0.3) is 11.8 Å². The fraction of sp³-hybridized carbons (Fsp3) is 0.304. The van der Waals surface area contributed by atoms with Gasteiger partial charge in [0.2, 0.25) is 5.01 Å². The minimum Gasteiger partial charge on any atom is -0.486 e. The quantitative estimate of drug-likeness (QED) is 0.550. The predicted molar refractivity (Wildman–Crippen MR) is 123 cm³/mol. The summed E-state index contributed by atoms with van der Waals surface area (Å²) in [5.74, 6) is -1.73. The number of amides is 2. The summed E-state index contributed by atoms with van der Waals surface area (Å²) in [7, 11) is 0. The maximum atomic E-state index is 13.7. The van der Waals surface area contributed by atoms with E-state index in [1.807, 2.05) is 4.90 Å². The Morgan fingerprint density at radius 2 is 1.79 bits per heavy atom. The monoisotopic (exact) mass is 487 g/mol. The molecule has 0 spiro atoms. The number of carbonyl (C=O) groups excluding carboxylic acids is 2. The van der Waals surface area contributed by atoms with Crippen LogP contribution in [0.1, 0.15) is 32.1 Å². The first-order valence-corrected chi connectivity index (χ1v) is 11.6. The van der Waals surface area contributed by atoms with Crippen LogP contribution in [0, 0.1) is 11.6 Å². The number of nitrogens with one attached hydrogen (secondary N) is 1. The summed E-state index contributed by atoms with van der Waals surface area (Å²) >= 11 is 0.997. The Hall–Kier alpha value is -3.44. The van der Waals surface area contributed by atoms with E-state index in [-0.39, 0.29) is 23.2 Å². The number of hydrogen-bond acceptors (Lipinski definition) is 7. The highest BCUT2D eigenvalue weighted by Crippen LogP contribution is 2.20. The van der Waals surface area contributed by atoms with E-state index in [2.05, 4.69) is 27.3 Å². The summed E-state index contributed by atoms with van der Waals surface area (Å²) < 4.78 is 32.4. The van der Waals surface area contributed by atoms with E-state index in [9.17, 15) is 18.4 Å². The molecule has 34 heavy (non-hydrogen) atoms. The van der Waals surface area contributed by atoms with Crippen LogP contribution < -0.4 is 10.1 Å². The number of anilines is 1. The van der Waals surface area contributed by atoms with Crippen molar-refractivity contribution in [1.29, 1.82) is 0 Å². The highest BCUT2D eigenvalue weighted by Gasteiger charge is 2.21. The third-order valence-corrected chi connectivity index (χ3v) is 6.31. The smallest absolute Gasteiger partial charge is 0.286 e. The first-order chi connectivity index (χ1) is 16.4. The second kappa shape index (κ2) is 10.7. The SMILES string of the molecule is CCN1CCN(C(=O)c2ccc(OCc3nnc(C(=O)Nc4ccc(F)cc4F)s3)cc2)CC1. The topological polar surface area (TPSA) is 87.7 Å². The Morgan fingerprint density at radius 3 is 2.47 bits per heavy atom. The lowest BCUT2D eigenvalue weighted by molar-refractivity contribution is 0.0643. The average molecular weight is 488 g/mol. The van der Waals surface area contributed by atoms with Crippen LogP contribution in [-0.2, 0) is 6.61 Å². The van der Waals surface area contributed by atoms with E-state index in [1.54, 1.807) is 24.3 Å². The molecule has 178 valence electrons. The Kier molecular flexibility index (Phi) is 7.43. The molecule has 0 atom stereocenters. The molecule has 1 fully saturated rings. The number of piperazine rings is 1. The van der Waals surface area contributed by atoms with Gasteiger partial charge in [0.05, 0.1) is 5.69 Å². The number of ether oxygens (including phenoxy) is 1. The average Bonchev–Trinajstić information content (AvgIpc) is 3.34. The van der Waals surface area contributed by atoms with E-state index in [0.717, 1.165) is 43.1 Å². The molecule has 2 amide bonds. The van der Waals surface area contributed by atoms with Crippen molar-refractivity contribution in [2.24, 2.45) is 0 Å². The standard InChI is InChI=1S/C23H23F2N5O3S/c1-2-29-9-11-30(12-10-29)23(32)15-3-6-17(7-4-15)33-14-20-27-28-22(34-20)21(31)26-19-8-5-16(24)13-18(19)25/h3-8,13H,2,9-12,14H2,1H3,(H,26,31). The second-order valence-electron chi connectivity index (χ2n) is 7.62. The van der Waals surface area contributed by atoms with E-state index in [0.29, 0.717) is 35.5 Å². The third-order valence-electron chi connectivity index (χ3n) is 5.41. The molecule has 2 heterocycles. The highest BCUT2D eigenvalue weighted by molar-refractivity contribution is 7.13. The summed E-state index contributed by atoms with van der Waals surface area (Å²) in [6.07, 6.45) is 0. The molecule has 0 bridgehead atoms. The molecule has 0 unspecified atom stereocenters. The molecule has 4 rings (SSSR count). The highest BCUT2D eigenvalue weighted by atomic mass is 32.1. The number of aromatic nitrogens is 2. The Balaban J connectivity index is 1.29. The van der Waals surface area contributed by atoms with Crippen molar-refractivity contribution in [2.75, 3.05) is 38.0 Å². The fourth-order valence-electron chi connectivity index (χ4n) is 3.46. The summed E-state index contributed by atoms with van der Waals surface area (Å²) in [6.45, 7) is 6.36. The van der Waals surface area contributed by atoms with Crippen molar-refractivity contribution in [3.05, 3.63) is 69.7 Å². The second-order valence-corrected chi connectivity index (χ2v) is 8.68. The van der Waals surface area contributed by atoms with E-state index in [4.69, 9.17) is 4.74 Å². The molecule has 1 N–H and O–H groups in total. The number of carbonyl (C=O) groups is 2. The van der Waals surface area contributed by atoms with Crippen LogP contribution in [-0.4, -0.2) is 64.5 Å². The number of likely N-dealkylation sites (N-methyl/N-ethyl adjacent to an activating group) is 1. The number of nitrogens with zero attached hydrogens (tertiary/aromatic N) is 4. The predicted octanol–water partition coefficient (Wildman–Crippen LogP) is 3.43. The van der Waals surface area contributed by atoms with Crippen LogP contribution in [0.5, 0.6) is 5.75 Å². The first kappa shape index (κ1) is 23.7. The third kappa shape index (κ3) is 5.72. The van der Waals surface area contributed by atoms with Gasteiger partial charge in [-0.2, -0.15) is 0 Å². The molecule has 1 aliphatic heterocycles. The van der Waals surface area contributed by atoms with Crippen LogP contribution >= 0.6 is 11.3 Å². The molecular formula is C23H23F2N5O3S. The zero-order chi connectivity index (χ0) is 24.1. The molecule has 2 aromatic carbocycles. The molecule has 0 saturated carbocycles. The molecule has 0 radical (unpaired) electrons. The van der Waals surface area contributed by atoms with Crippen molar-refractivity contribution in [1.82, 2.24) is 20.0 Å². The fourth-order valence-corrected chi connectivity index (χ4v) is 4.11. The molecule has 0 aliphatic carbocycles. The van der Waals surface area contributed by atoms with Crippen molar-refractivity contribution in [3.63, 3.8) is 0 Å². The first-order valence-electron chi connectivity index (χ1n) is 10.8. The van der Waals surface area contributed by atoms with E-state index in [1.165, 1.54) is 0 Å². The zero-order valence-electron chi connectivity index (χ0n) is 18.5. The summed E-state index contributed by atoms with van der Waals surface area (Å²) in [5, 5.41) is 10.5. The van der Waals surface area contributed by atoms with Crippen LogP contribution in [0.25, 0.3) is 0 Å². The molecule has 11 heteroatoms. The van der Waals surface area contributed by atoms with Gasteiger partial charge in [-0.05, 0) is 42.9 Å². The number of hydrogen-bond donors (Lipinski definition) is 1. The van der Waals surface area contributed by atoms with Crippen molar-refractivity contribution < 1.29 is 23.1 Å². The Bertz CT molecular complexity index is 1160. The minimum atomic E-state index is -0.883. The number of halogens is 2. The van der Waals surface area contributed by atoms with Crippen molar-refractivity contribution in [2.45, 2.75) is 13.5 Å². The molecular weight excluding hydrogens is 464 g/mol. The van der Waals surface area contributed by atoms with Crippen LogP contribution in [0.3, 0.4) is 0 Å². The van der Waals surface area contributed by atoms with Crippen LogP contribution in [0.15, 0.2) is 42.5 Å². The Labute approximate surface area is 199 Å². The maximum Gasteiger partial charge on any atom is 0.286 e. The lowest BCUT2D eigenvalue weighted by Gasteiger charge is -2.34. The van der Waals surface area contributed by atoms with Gasteiger partial charge in [-0.15, -0.1) is 10.2 Å². The van der Waals surface area contributed by atoms with Gasteiger partial charge in [-0.1, -0.05) is 18.3 Å². The summed E-state index contributed by atoms with van der Waals surface area (Å²) in [4.78, 5) is 29.1. The zero-order valence-corrected chi connectivity index (χ0v) is 19.3. The van der Waals surface area contributed by atoms with Gasteiger partial charge in [0.1, 0.15) is 24.0 Å². The molecule has 3 aromatic rings. The van der Waals surface area contributed by atoms with Crippen LogP contribution in [0.2, 0.25) is 0 Å². The van der Waals surface area contributed by atoms with Crippen LogP contribution in [0.4, 0.5) is 14.5 Å². The van der Waals surface area contributed by atoms with E-state index < -0.39 is 17.5 Å². The summed E-state index contributed by atoms with van der Waals surface area (Å²) in [6, 6.07) is 9.72. The minimum absolute atomic E-state index is 0.000304. The lowest BCUT2D eigenvalue weighted by Crippen LogP contribution is -2.48. The maximum absolute atomic E-state index is 13.7. The van der Waals surface area contributed by atoms with Gasteiger partial charge in [-0.3, -0.25) is 9.59 Å². The number of rotatable bonds is 7. The molecule has 1 aromatic heterocycles. The van der Waals surface area contributed by atoms with Gasteiger partial charge in [0, 0.05) is 37.8 Å². The van der Waals surface area contributed by atoms with Crippen molar-refractivity contribution >= 4 is 28.8 Å². The van der Waals surface area contributed by atoms with Crippen molar-refractivity contribution in [3.8, 4) is 5.75 Å². The van der Waals surface area contributed by atoms with E-state index >= 15 is 0 Å². The Morgan fingerprint density at radius 1 is 1.06 bits per heavy atom. The molecule has 8 nitrogen and oxygen atoms in total. The van der Waals surface area contributed by atoms with Gasteiger partial charge >= 0.3 is 0 Å². The molecule has 1 saturated heterocycles. The van der Waals surface area contributed by atoms with Gasteiger partial charge in [0.15, 0.2) is 5.01 Å². The van der Waals surface area contributed by atoms with Gasteiger partial charge in [-0.25, -0.2) is 8.78 Å². The van der Waals surface area contributed by atoms with Gasteiger partial charge < -0.3 is 19.9 Å². The lowest BCUT2D eigenvalue weighted by atomic mass is 10.1. The largest absolute Gasteiger partial charge is 0.486 e. The number of benzene rings is 2. The molecule has 1 aliphatic rings. The normalized spacial score (nSPS) is 14.1.